The first-order valence-corrected chi connectivity index (χ1v) is 6.46. The largest absolute Gasteiger partial charge is 0.325 e. The highest BCUT2D eigenvalue weighted by atomic mass is 79.9. The van der Waals surface area contributed by atoms with Gasteiger partial charge in [0, 0.05) is 10.9 Å². The van der Waals surface area contributed by atoms with E-state index in [1.807, 2.05) is 13.8 Å². The Bertz CT molecular complexity index is 642. The van der Waals surface area contributed by atoms with E-state index in [4.69, 9.17) is 0 Å². The predicted octanol–water partition coefficient (Wildman–Crippen LogP) is 2.60. The number of imidazole rings is 1. The number of hydrogen-bond acceptors (Lipinski definition) is 2. The summed E-state index contributed by atoms with van der Waals surface area (Å²) in [6.07, 6.45) is 0.466. The molecule has 0 fully saturated rings. The molecular formula is C12H14BrN3O2. The van der Waals surface area contributed by atoms with E-state index in [1.54, 1.807) is 12.1 Å². The third-order valence-corrected chi connectivity index (χ3v) is 3.13. The Morgan fingerprint density at radius 2 is 1.94 bits per heavy atom. The molecule has 1 heterocycles. The Labute approximate surface area is 112 Å². The maximum absolute atomic E-state index is 11.7. The van der Waals surface area contributed by atoms with E-state index < -0.39 is 0 Å². The second-order valence-electron chi connectivity index (χ2n) is 4.60. The van der Waals surface area contributed by atoms with E-state index in [-0.39, 0.29) is 11.6 Å². The SMILES string of the molecule is CC(C)CC(=O)Nc1cc2[nH]c(=O)[nH]c2cc1Br. The average molecular weight is 312 g/mol. The summed E-state index contributed by atoms with van der Waals surface area (Å²) in [7, 11) is 0. The molecule has 0 bridgehead atoms. The van der Waals surface area contributed by atoms with Crippen molar-refractivity contribution in [3.8, 4) is 0 Å². The first-order valence-electron chi connectivity index (χ1n) is 5.67. The molecule has 1 amide bonds. The molecule has 5 nitrogen and oxygen atoms in total. The molecular weight excluding hydrogens is 298 g/mol. The van der Waals surface area contributed by atoms with Gasteiger partial charge in [-0.05, 0) is 34.0 Å². The lowest BCUT2D eigenvalue weighted by atomic mass is 10.1. The van der Waals surface area contributed by atoms with Crippen LogP contribution >= 0.6 is 15.9 Å². The van der Waals surface area contributed by atoms with Crippen LogP contribution in [0.2, 0.25) is 0 Å². The number of aromatic amines is 2. The third kappa shape index (κ3) is 2.81. The normalized spacial score (nSPS) is 11.1. The Morgan fingerprint density at radius 3 is 2.56 bits per heavy atom. The van der Waals surface area contributed by atoms with Gasteiger partial charge in [0.1, 0.15) is 0 Å². The van der Waals surface area contributed by atoms with Crippen molar-refractivity contribution in [3.05, 3.63) is 27.1 Å². The third-order valence-electron chi connectivity index (χ3n) is 2.47. The number of carbonyl (C=O) groups excluding carboxylic acids is 1. The molecule has 3 N–H and O–H groups in total. The number of aromatic nitrogens is 2. The summed E-state index contributed by atoms with van der Waals surface area (Å²) in [5.74, 6) is 0.266. The second-order valence-corrected chi connectivity index (χ2v) is 5.46. The van der Waals surface area contributed by atoms with E-state index in [9.17, 15) is 9.59 Å². The fraction of sp³-hybridized carbons (Fsp3) is 0.333. The van der Waals surface area contributed by atoms with Crippen molar-refractivity contribution in [2.45, 2.75) is 20.3 Å². The molecule has 0 spiro atoms. The summed E-state index contributed by atoms with van der Waals surface area (Å²) in [6.45, 7) is 3.98. The molecule has 0 atom stereocenters. The molecule has 1 aromatic heterocycles. The highest BCUT2D eigenvalue weighted by molar-refractivity contribution is 9.10. The van der Waals surface area contributed by atoms with Gasteiger partial charge in [0.05, 0.1) is 16.7 Å². The first kappa shape index (κ1) is 12.9. The highest BCUT2D eigenvalue weighted by Gasteiger charge is 2.10. The van der Waals surface area contributed by atoms with Gasteiger partial charge in [-0.1, -0.05) is 13.8 Å². The van der Waals surface area contributed by atoms with Crippen molar-refractivity contribution >= 4 is 38.6 Å². The number of rotatable bonds is 3. The average Bonchev–Trinajstić information content (AvgIpc) is 2.56. The number of benzene rings is 1. The molecule has 0 saturated carbocycles. The van der Waals surface area contributed by atoms with Gasteiger partial charge in [0.2, 0.25) is 5.91 Å². The van der Waals surface area contributed by atoms with Gasteiger partial charge < -0.3 is 15.3 Å². The molecule has 6 heteroatoms. The lowest BCUT2D eigenvalue weighted by Gasteiger charge is -2.09. The zero-order valence-corrected chi connectivity index (χ0v) is 11.7. The van der Waals surface area contributed by atoms with Crippen LogP contribution in [0.15, 0.2) is 21.4 Å². The molecule has 96 valence electrons. The number of amides is 1. The first-order chi connectivity index (χ1) is 8.45. The molecule has 0 aliphatic heterocycles. The summed E-state index contributed by atoms with van der Waals surface area (Å²) < 4.78 is 0.738. The lowest BCUT2D eigenvalue weighted by molar-refractivity contribution is -0.116. The minimum Gasteiger partial charge on any atom is -0.325 e. The maximum Gasteiger partial charge on any atom is 0.323 e. The van der Waals surface area contributed by atoms with Crippen LogP contribution in [0, 0.1) is 5.92 Å². The van der Waals surface area contributed by atoms with Crippen molar-refractivity contribution < 1.29 is 4.79 Å². The molecule has 0 unspecified atom stereocenters. The Kier molecular flexibility index (Phi) is 3.56. The zero-order chi connectivity index (χ0) is 13.3. The highest BCUT2D eigenvalue weighted by Crippen LogP contribution is 2.26. The van der Waals surface area contributed by atoms with Crippen LogP contribution in [-0.4, -0.2) is 15.9 Å². The number of anilines is 1. The smallest absolute Gasteiger partial charge is 0.323 e. The molecule has 1 aromatic carbocycles. The summed E-state index contributed by atoms with van der Waals surface area (Å²) in [4.78, 5) is 28.2. The molecule has 2 rings (SSSR count). The van der Waals surface area contributed by atoms with Crippen LogP contribution < -0.4 is 11.0 Å². The number of nitrogens with one attached hydrogen (secondary N) is 3. The van der Waals surface area contributed by atoms with Crippen molar-refractivity contribution in [1.82, 2.24) is 9.97 Å². The van der Waals surface area contributed by atoms with Gasteiger partial charge >= 0.3 is 5.69 Å². The minimum absolute atomic E-state index is 0.0390. The number of carbonyl (C=O) groups is 1. The maximum atomic E-state index is 11.7. The van der Waals surface area contributed by atoms with Crippen LogP contribution in [0.1, 0.15) is 20.3 Å². The Hall–Kier alpha value is -1.56. The van der Waals surface area contributed by atoms with Crippen LogP contribution in [0.5, 0.6) is 0 Å². The molecule has 2 aromatic rings. The van der Waals surface area contributed by atoms with Crippen molar-refractivity contribution in [2.75, 3.05) is 5.32 Å². The topological polar surface area (TPSA) is 77.8 Å². The number of H-pyrrole nitrogens is 2. The monoisotopic (exact) mass is 311 g/mol. The van der Waals surface area contributed by atoms with Crippen molar-refractivity contribution in [3.63, 3.8) is 0 Å². The van der Waals surface area contributed by atoms with Gasteiger partial charge in [-0.15, -0.1) is 0 Å². The van der Waals surface area contributed by atoms with Crippen molar-refractivity contribution in [1.29, 1.82) is 0 Å². The van der Waals surface area contributed by atoms with Crippen molar-refractivity contribution in [2.24, 2.45) is 5.92 Å². The quantitative estimate of drug-likeness (QED) is 0.814. The van der Waals surface area contributed by atoms with E-state index in [1.165, 1.54) is 0 Å². The fourth-order valence-electron chi connectivity index (χ4n) is 1.72. The number of hydrogen-bond donors (Lipinski definition) is 3. The number of halogens is 1. The van der Waals surface area contributed by atoms with E-state index in [0.29, 0.717) is 29.1 Å². The fourth-order valence-corrected chi connectivity index (χ4v) is 2.17. The summed E-state index contributed by atoms with van der Waals surface area (Å²) in [6, 6.07) is 3.49. The molecule has 18 heavy (non-hydrogen) atoms. The predicted molar refractivity (Wildman–Crippen MR) is 74.7 cm³/mol. The summed E-state index contributed by atoms with van der Waals surface area (Å²) in [5, 5.41) is 2.82. The summed E-state index contributed by atoms with van der Waals surface area (Å²) >= 11 is 3.37. The van der Waals surface area contributed by atoms with Crippen LogP contribution in [0.25, 0.3) is 11.0 Å². The minimum atomic E-state index is -0.262. The van der Waals surface area contributed by atoms with E-state index in [0.717, 1.165) is 4.47 Å². The second kappa shape index (κ2) is 4.97. The molecule has 0 aliphatic carbocycles. The van der Waals surface area contributed by atoms with Gasteiger partial charge in [-0.2, -0.15) is 0 Å². The van der Waals surface area contributed by atoms with Crippen LogP contribution in [-0.2, 0) is 4.79 Å². The molecule has 0 saturated heterocycles. The standard InChI is InChI=1S/C12H14BrN3O2/c1-6(2)3-11(17)14-8-5-10-9(4-7(8)13)15-12(18)16-10/h4-6H,3H2,1-2H3,(H,14,17)(H2,15,16,18). The lowest BCUT2D eigenvalue weighted by Crippen LogP contribution is -2.14. The summed E-state index contributed by atoms with van der Waals surface area (Å²) in [5.41, 5.74) is 1.77. The van der Waals surface area contributed by atoms with E-state index in [2.05, 4.69) is 31.2 Å². The van der Waals surface area contributed by atoms with Gasteiger partial charge in [-0.25, -0.2) is 4.79 Å². The van der Waals surface area contributed by atoms with E-state index >= 15 is 0 Å². The van der Waals surface area contributed by atoms with Gasteiger partial charge in [0.15, 0.2) is 0 Å². The van der Waals surface area contributed by atoms with Gasteiger partial charge in [-0.3, -0.25) is 4.79 Å². The Balaban J connectivity index is 2.30. The van der Waals surface area contributed by atoms with Crippen LogP contribution in [0.3, 0.4) is 0 Å². The van der Waals surface area contributed by atoms with Gasteiger partial charge in [0.25, 0.3) is 0 Å². The molecule has 0 radical (unpaired) electrons. The molecule has 0 aliphatic rings. The van der Waals surface area contributed by atoms with Crippen LogP contribution in [0.4, 0.5) is 5.69 Å². The Morgan fingerprint density at radius 1 is 1.33 bits per heavy atom. The number of fused-ring (bicyclic) bond motifs is 1. The zero-order valence-electron chi connectivity index (χ0n) is 10.1.